The fraction of sp³-hybridized carbons (Fsp3) is 0.267. The van der Waals surface area contributed by atoms with Gasteiger partial charge in [-0.05, 0) is 30.5 Å². The normalized spacial score (nSPS) is 11.7. The van der Waals surface area contributed by atoms with Crippen LogP contribution in [0.2, 0.25) is 0 Å². The van der Waals surface area contributed by atoms with Gasteiger partial charge in [-0.1, -0.05) is 30.3 Å². The molecule has 2 aromatic rings. The maximum Gasteiger partial charge on any atom is 0.320 e. The number of carbonyl (C=O) groups excluding carboxylic acids is 1. The standard InChI is InChI=1S/C15H18N4O2/c20-11-5-8-13(12-6-2-1-3-7-12)17-15(21)18-14-9-4-10-16-19-14/h1-4,6-7,9-10,13,20H,5,8,11H2,(H2,17,18,19,21). The summed E-state index contributed by atoms with van der Waals surface area (Å²) in [5, 5.41) is 22.0. The number of aromatic nitrogens is 2. The van der Waals surface area contributed by atoms with Gasteiger partial charge in [0, 0.05) is 12.8 Å². The van der Waals surface area contributed by atoms with Gasteiger partial charge in [0.05, 0.1) is 6.04 Å². The fourth-order valence-electron chi connectivity index (χ4n) is 1.98. The lowest BCUT2D eigenvalue weighted by Crippen LogP contribution is -2.33. The molecule has 2 amide bonds. The maximum atomic E-state index is 12.0. The average Bonchev–Trinajstić information content (AvgIpc) is 2.53. The van der Waals surface area contributed by atoms with E-state index < -0.39 is 0 Å². The molecule has 0 aliphatic rings. The Morgan fingerprint density at radius 2 is 2.00 bits per heavy atom. The van der Waals surface area contributed by atoms with Crippen LogP contribution in [0.4, 0.5) is 10.6 Å². The van der Waals surface area contributed by atoms with E-state index in [-0.39, 0.29) is 18.7 Å². The molecule has 0 bridgehead atoms. The first-order valence-corrected chi connectivity index (χ1v) is 6.80. The van der Waals surface area contributed by atoms with Crippen LogP contribution in [-0.4, -0.2) is 27.9 Å². The summed E-state index contributed by atoms with van der Waals surface area (Å²) in [5.74, 6) is 0.393. The van der Waals surface area contributed by atoms with Gasteiger partial charge in [0.1, 0.15) is 0 Å². The molecule has 1 heterocycles. The van der Waals surface area contributed by atoms with Gasteiger partial charge in [-0.15, -0.1) is 5.10 Å². The highest BCUT2D eigenvalue weighted by atomic mass is 16.3. The number of aliphatic hydroxyl groups is 1. The van der Waals surface area contributed by atoms with E-state index >= 15 is 0 Å². The first-order chi connectivity index (χ1) is 10.3. The van der Waals surface area contributed by atoms with Crippen LogP contribution in [-0.2, 0) is 0 Å². The molecule has 6 heteroatoms. The summed E-state index contributed by atoms with van der Waals surface area (Å²) in [5.41, 5.74) is 1.00. The second-order valence-corrected chi connectivity index (χ2v) is 4.54. The van der Waals surface area contributed by atoms with Crippen LogP contribution in [0.25, 0.3) is 0 Å². The predicted octanol–water partition coefficient (Wildman–Crippen LogP) is 2.11. The van der Waals surface area contributed by atoms with Gasteiger partial charge in [0.15, 0.2) is 5.82 Å². The van der Waals surface area contributed by atoms with Crippen molar-refractivity contribution in [3.63, 3.8) is 0 Å². The maximum absolute atomic E-state index is 12.0. The third kappa shape index (κ3) is 4.85. The zero-order chi connectivity index (χ0) is 14.9. The molecule has 1 aromatic heterocycles. The molecule has 21 heavy (non-hydrogen) atoms. The molecule has 0 radical (unpaired) electrons. The number of carbonyl (C=O) groups is 1. The summed E-state index contributed by atoms with van der Waals surface area (Å²) in [6.07, 6.45) is 2.82. The molecule has 1 atom stereocenters. The fourth-order valence-corrected chi connectivity index (χ4v) is 1.98. The summed E-state index contributed by atoms with van der Waals surface area (Å²) in [6, 6.07) is 12.5. The highest BCUT2D eigenvalue weighted by molar-refractivity contribution is 5.88. The molecule has 0 saturated carbocycles. The van der Waals surface area contributed by atoms with Crippen LogP contribution in [0.3, 0.4) is 0 Å². The number of hydrogen-bond acceptors (Lipinski definition) is 4. The molecular formula is C15H18N4O2. The van der Waals surface area contributed by atoms with Gasteiger partial charge in [0.25, 0.3) is 0 Å². The van der Waals surface area contributed by atoms with Gasteiger partial charge in [-0.25, -0.2) is 4.79 Å². The predicted molar refractivity (Wildman–Crippen MR) is 79.7 cm³/mol. The van der Waals surface area contributed by atoms with E-state index in [0.717, 1.165) is 5.56 Å². The van der Waals surface area contributed by atoms with Gasteiger partial charge in [0.2, 0.25) is 0 Å². The summed E-state index contributed by atoms with van der Waals surface area (Å²) >= 11 is 0. The third-order valence-corrected chi connectivity index (χ3v) is 2.97. The minimum absolute atomic E-state index is 0.0940. The Morgan fingerprint density at radius 1 is 1.19 bits per heavy atom. The Balaban J connectivity index is 1.99. The van der Waals surface area contributed by atoms with Gasteiger partial charge in [-0.3, -0.25) is 5.32 Å². The van der Waals surface area contributed by atoms with Crippen molar-refractivity contribution in [1.29, 1.82) is 0 Å². The minimum atomic E-state index is -0.345. The number of aliphatic hydroxyl groups excluding tert-OH is 1. The van der Waals surface area contributed by atoms with E-state index in [9.17, 15) is 4.79 Å². The van der Waals surface area contributed by atoms with Crippen molar-refractivity contribution >= 4 is 11.8 Å². The van der Waals surface area contributed by atoms with Crippen LogP contribution < -0.4 is 10.6 Å². The van der Waals surface area contributed by atoms with Crippen LogP contribution in [0.1, 0.15) is 24.4 Å². The summed E-state index contributed by atoms with van der Waals surface area (Å²) in [6.45, 7) is 0.0940. The Kier molecular flexibility index (Phi) is 5.66. The Morgan fingerprint density at radius 3 is 2.67 bits per heavy atom. The number of anilines is 1. The molecule has 1 unspecified atom stereocenters. The van der Waals surface area contributed by atoms with Crippen molar-refractivity contribution in [3.05, 3.63) is 54.2 Å². The van der Waals surface area contributed by atoms with Gasteiger partial charge >= 0.3 is 6.03 Å². The lowest BCUT2D eigenvalue weighted by atomic mass is 10.0. The molecule has 0 saturated heterocycles. The lowest BCUT2D eigenvalue weighted by Gasteiger charge is -2.19. The Bertz CT molecular complexity index is 548. The van der Waals surface area contributed by atoms with Gasteiger partial charge < -0.3 is 10.4 Å². The van der Waals surface area contributed by atoms with E-state index in [1.165, 1.54) is 6.20 Å². The monoisotopic (exact) mass is 286 g/mol. The van der Waals surface area contributed by atoms with Crippen molar-refractivity contribution in [2.24, 2.45) is 0 Å². The third-order valence-electron chi connectivity index (χ3n) is 2.97. The quantitative estimate of drug-likeness (QED) is 0.759. The zero-order valence-corrected chi connectivity index (χ0v) is 11.6. The number of hydrogen-bond donors (Lipinski definition) is 3. The van der Waals surface area contributed by atoms with Crippen molar-refractivity contribution in [1.82, 2.24) is 15.5 Å². The van der Waals surface area contributed by atoms with E-state index in [1.54, 1.807) is 12.1 Å². The molecular weight excluding hydrogens is 268 g/mol. The summed E-state index contributed by atoms with van der Waals surface area (Å²) < 4.78 is 0. The van der Waals surface area contributed by atoms with E-state index in [0.29, 0.717) is 18.7 Å². The first-order valence-electron chi connectivity index (χ1n) is 6.80. The number of urea groups is 1. The number of nitrogens with one attached hydrogen (secondary N) is 2. The van der Waals surface area contributed by atoms with Crippen LogP contribution in [0.5, 0.6) is 0 Å². The molecule has 6 nitrogen and oxygen atoms in total. The van der Waals surface area contributed by atoms with E-state index in [2.05, 4.69) is 20.8 Å². The minimum Gasteiger partial charge on any atom is -0.396 e. The molecule has 0 aliphatic heterocycles. The number of benzene rings is 1. The second-order valence-electron chi connectivity index (χ2n) is 4.54. The van der Waals surface area contributed by atoms with E-state index in [4.69, 9.17) is 5.11 Å². The largest absolute Gasteiger partial charge is 0.396 e. The lowest BCUT2D eigenvalue weighted by molar-refractivity contribution is 0.243. The van der Waals surface area contributed by atoms with Crippen molar-refractivity contribution in [2.75, 3.05) is 11.9 Å². The molecule has 3 N–H and O–H groups in total. The number of amides is 2. The average molecular weight is 286 g/mol. The first kappa shape index (κ1) is 14.9. The van der Waals surface area contributed by atoms with Gasteiger partial charge in [-0.2, -0.15) is 5.10 Å². The summed E-state index contributed by atoms with van der Waals surface area (Å²) in [7, 11) is 0. The molecule has 0 aliphatic carbocycles. The molecule has 0 fully saturated rings. The van der Waals surface area contributed by atoms with Crippen molar-refractivity contribution in [3.8, 4) is 0 Å². The van der Waals surface area contributed by atoms with Crippen molar-refractivity contribution in [2.45, 2.75) is 18.9 Å². The topological polar surface area (TPSA) is 87.1 Å². The molecule has 1 aromatic carbocycles. The SMILES string of the molecule is O=C(Nc1cccnn1)NC(CCCO)c1ccccc1. The smallest absolute Gasteiger partial charge is 0.320 e. The molecule has 0 spiro atoms. The molecule has 110 valence electrons. The Labute approximate surface area is 123 Å². The molecule has 2 rings (SSSR count). The highest BCUT2D eigenvalue weighted by Crippen LogP contribution is 2.18. The number of nitrogens with zero attached hydrogens (tertiary/aromatic N) is 2. The number of rotatable bonds is 6. The summed E-state index contributed by atoms with van der Waals surface area (Å²) in [4.78, 5) is 12.0. The van der Waals surface area contributed by atoms with E-state index in [1.807, 2.05) is 30.3 Å². The van der Waals surface area contributed by atoms with Crippen LogP contribution in [0.15, 0.2) is 48.7 Å². The zero-order valence-electron chi connectivity index (χ0n) is 11.6. The van der Waals surface area contributed by atoms with Crippen molar-refractivity contribution < 1.29 is 9.90 Å². The highest BCUT2D eigenvalue weighted by Gasteiger charge is 2.14. The van der Waals surface area contributed by atoms with Crippen LogP contribution in [0, 0.1) is 0 Å². The van der Waals surface area contributed by atoms with Crippen LogP contribution >= 0.6 is 0 Å². The second kappa shape index (κ2) is 7.96. The Hall–Kier alpha value is -2.47.